The third-order valence-electron chi connectivity index (χ3n) is 6.14. The van der Waals surface area contributed by atoms with Crippen LogP contribution in [0.25, 0.3) is 0 Å². The molecule has 29 heavy (non-hydrogen) atoms. The second kappa shape index (κ2) is 16.0. The van der Waals surface area contributed by atoms with Gasteiger partial charge >= 0.3 is 0 Å². The number of hydrogen-bond donors (Lipinski definition) is 0. The summed E-state index contributed by atoms with van der Waals surface area (Å²) in [6.45, 7) is 4.58. The van der Waals surface area contributed by atoms with Crippen LogP contribution in [0.4, 0.5) is 0 Å². The van der Waals surface area contributed by atoms with Crippen molar-refractivity contribution in [3.8, 4) is 0 Å². The van der Waals surface area contributed by atoms with Crippen molar-refractivity contribution < 1.29 is 9.44 Å². The first kappa shape index (κ1) is 27.4. The Balaban J connectivity index is 1.94. The zero-order valence-corrected chi connectivity index (χ0v) is 22.0. The lowest BCUT2D eigenvalue weighted by molar-refractivity contribution is -0.864. The third kappa shape index (κ3) is 13.4. The zero-order valence-electron chi connectivity index (χ0n) is 18.8. The topological polar surface area (TPSA) is 43.4 Å². The van der Waals surface area contributed by atoms with Gasteiger partial charge in [-0.15, -0.1) is 0 Å². The summed E-state index contributed by atoms with van der Waals surface area (Å²) >= 11 is 7.74. The van der Waals surface area contributed by atoms with E-state index >= 15 is 0 Å². The summed E-state index contributed by atoms with van der Waals surface area (Å²) < 4.78 is -0.202. The van der Waals surface area contributed by atoms with Crippen LogP contribution in [0.2, 0.25) is 0 Å². The normalized spacial score (nSPS) is 18.6. The van der Waals surface area contributed by atoms with Crippen molar-refractivity contribution in [2.45, 2.75) is 106 Å². The molecule has 1 rings (SSSR count). The fourth-order valence-electron chi connectivity index (χ4n) is 3.92. The number of carbonyl (C=O) groups is 1. The first-order valence-corrected chi connectivity index (χ1v) is 13.8. The molecule has 0 aromatic carbocycles. The number of nitrogens with zero attached hydrogens (tertiary/aromatic N) is 2. The quantitative estimate of drug-likeness (QED) is 0.0938. The van der Waals surface area contributed by atoms with Gasteiger partial charge in [0, 0.05) is 16.1 Å². The van der Waals surface area contributed by atoms with Crippen LogP contribution in [0.3, 0.4) is 0 Å². The number of unbranched alkanes of at least 4 members (excludes halogenated alkanes) is 9. The standard InChI is InChI=1S/C23H44Br2N2O2/c1-3-4-5-6-8-11-14-21(24)22(25)15-12-9-7-10-13-16-23(28)26-17-19-27(2,29)20-18-26/h21-22H,3-20H2,1-2H3/t21-,22+/m0/s1. The number of amides is 1. The Hall–Kier alpha value is 0.350. The molecule has 4 nitrogen and oxygen atoms in total. The van der Waals surface area contributed by atoms with Gasteiger partial charge in [-0.2, -0.15) is 0 Å². The van der Waals surface area contributed by atoms with Crippen LogP contribution in [0, 0.1) is 5.21 Å². The predicted octanol–water partition coefficient (Wildman–Crippen LogP) is 6.78. The van der Waals surface area contributed by atoms with Crippen LogP contribution < -0.4 is 0 Å². The van der Waals surface area contributed by atoms with E-state index in [2.05, 4.69) is 38.8 Å². The lowest BCUT2D eigenvalue weighted by Crippen LogP contribution is -2.55. The molecule has 0 bridgehead atoms. The summed E-state index contributed by atoms with van der Waals surface area (Å²) in [6, 6.07) is 0. The van der Waals surface area contributed by atoms with Gasteiger partial charge < -0.3 is 14.8 Å². The lowest BCUT2D eigenvalue weighted by atomic mass is 10.0. The fraction of sp³-hybridized carbons (Fsp3) is 0.957. The molecule has 1 amide bonds. The summed E-state index contributed by atoms with van der Waals surface area (Å²) in [5.41, 5.74) is 0. The molecule has 2 atom stereocenters. The van der Waals surface area contributed by atoms with E-state index in [1.165, 1.54) is 70.6 Å². The van der Waals surface area contributed by atoms with E-state index in [4.69, 9.17) is 0 Å². The van der Waals surface area contributed by atoms with E-state index < -0.39 is 0 Å². The van der Waals surface area contributed by atoms with Crippen LogP contribution in [0.15, 0.2) is 0 Å². The predicted molar refractivity (Wildman–Crippen MR) is 132 cm³/mol. The number of alkyl halides is 2. The highest BCUT2D eigenvalue weighted by atomic mass is 79.9. The molecule has 1 saturated heterocycles. The highest BCUT2D eigenvalue weighted by Gasteiger charge is 2.24. The fourth-order valence-corrected chi connectivity index (χ4v) is 5.10. The van der Waals surface area contributed by atoms with Crippen molar-refractivity contribution in [3.05, 3.63) is 5.21 Å². The molecule has 0 unspecified atom stereocenters. The van der Waals surface area contributed by atoms with E-state index in [1.54, 1.807) is 7.05 Å². The monoisotopic (exact) mass is 538 g/mol. The van der Waals surface area contributed by atoms with Gasteiger partial charge in [0.15, 0.2) is 0 Å². The third-order valence-corrected chi connectivity index (χ3v) is 9.04. The van der Waals surface area contributed by atoms with Gasteiger partial charge in [-0.25, -0.2) is 0 Å². The van der Waals surface area contributed by atoms with Gasteiger partial charge in [-0.3, -0.25) is 4.79 Å². The first-order valence-electron chi connectivity index (χ1n) is 12.0. The molecule has 0 saturated carbocycles. The van der Waals surface area contributed by atoms with Crippen LogP contribution in [-0.2, 0) is 4.79 Å². The number of quaternary nitrogens is 1. The number of carbonyl (C=O) groups excluding carboxylic acids is 1. The first-order chi connectivity index (χ1) is 13.9. The van der Waals surface area contributed by atoms with Gasteiger partial charge in [0.05, 0.1) is 33.2 Å². The van der Waals surface area contributed by atoms with E-state index in [-0.39, 0.29) is 10.6 Å². The molecule has 0 aromatic heterocycles. The molecule has 1 aliphatic heterocycles. The maximum absolute atomic E-state index is 12.2. The second-order valence-electron chi connectivity index (χ2n) is 9.02. The van der Waals surface area contributed by atoms with Crippen molar-refractivity contribution in [2.75, 3.05) is 33.2 Å². The summed E-state index contributed by atoms with van der Waals surface area (Å²) in [5.74, 6) is 0.238. The maximum atomic E-state index is 12.2. The number of hydroxylamine groups is 3. The molecule has 0 radical (unpaired) electrons. The lowest BCUT2D eigenvalue weighted by Gasteiger charge is -2.45. The van der Waals surface area contributed by atoms with Crippen molar-refractivity contribution in [2.24, 2.45) is 0 Å². The van der Waals surface area contributed by atoms with Gasteiger partial charge in [0.25, 0.3) is 0 Å². The van der Waals surface area contributed by atoms with E-state index in [1.807, 2.05) is 4.90 Å². The van der Waals surface area contributed by atoms with Gasteiger partial charge in [-0.1, -0.05) is 103 Å². The van der Waals surface area contributed by atoms with Crippen LogP contribution in [0.5, 0.6) is 0 Å². The second-order valence-corrected chi connectivity index (χ2v) is 11.4. The van der Waals surface area contributed by atoms with Gasteiger partial charge in [-0.05, 0) is 19.3 Å². The Morgan fingerprint density at radius 2 is 1.31 bits per heavy atom. The molecule has 0 spiro atoms. The molecule has 1 heterocycles. The summed E-state index contributed by atoms with van der Waals surface area (Å²) in [5, 5.41) is 11.8. The highest BCUT2D eigenvalue weighted by Crippen LogP contribution is 2.25. The summed E-state index contributed by atoms with van der Waals surface area (Å²) in [6.07, 6.45) is 17.2. The average molecular weight is 540 g/mol. The largest absolute Gasteiger partial charge is 0.633 e. The van der Waals surface area contributed by atoms with Crippen molar-refractivity contribution in [1.29, 1.82) is 0 Å². The summed E-state index contributed by atoms with van der Waals surface area (Å²) in [7, 11) is 1.70. The Morgan fingerprint density at radius 1 is 0.862 bits per heavy atom. The van der Waals surface area contributed by atoms with Crippen molar-refractivity contribution in [1.82, 2.24) is 4.90 Å². The Bertz CT molecular complexity index is 425. The van der Waals surface area contributed by atoms with Crippen molar-refractivity contribution >= 4 is 37.8 Å². The number of likely N-dealkylation sites (N-methyl/N-ethyl adjacent to an activating group) is 1. The molecule has 0 aliphatic carbocycles. The van der Waals surface area contributed by atoms with Gasteiger partial charge in [0.2, 0.25) is 5.91 Å². The number of piperazine rings is 1. The Morgan fingerprint density at radius 3 is 1.83 bits per heavy atom. The molecule has 172 valence electrons. The SMILES string of the molecule is CCCCCCCC[C@H](Br)[C@H](Br)CCCCCCCC(=O)N1CC[N+](C)([O-])CC1. The van der Waals surface area contributed by atoms with Crippen molar-refractivity contribution in [3.63, 3.8) is 0 Å². The number of rotatable bonds is 16. The average Bonchev–Trinajstić information content (AvgIpc) is 2.69. The highest BCUT2D eigenvalue weighted by molar-refractivity contribution is 9.12. The van der Waals surface area contributed by atoms with Crippen LogP contribution in [-0.4, -0.2) is 58.3 Å². The summed E-state index contributed by atoms with van der Waals surface area (Å²) in [4.78, 5) is 15.3. The maximum Gasteiger partial charge on any atom is 0.222 e. The molecular formula is C23H44Br2N2O2. The molecule has 1 fully saturated rings. The Labute approximate surface area is 196 Å². The Kier molecular flexibility index (Phi) is 15.2. The minimum atomic E-state index is -0.202. The molecule has 0 N–H and O–H groups in total. The van der Waals surface area contributed by atoms with E-state index in [9.17, 15) is 10.0 Å². The van der Waals surface area contributed by atoms with Gasteiger partial charge in [0.1, 0.15) is 0 Å². The zero-order chi connectivity index (χ0) is 21.5. The number of halogens is 2. The minimum absolute atomic E-state index is 0.202. The van der Waals surface area contributed by atoms with E-state index in [0.29, 0.717) is 42.3 Å². The van der Waals surface area contributed by atoms with E-state index in [0.717, 1.165) is 12.8 Å². The smallest absolute Gasteiger partial charge is 0.222 e. The van der Waals surface area contributed by atoms with Crippen LogP contribution in [0.1, 0.15) is 96.8 Å². The molecule has 6 heteroatoms. The minimum Gasteiger partial charge on any atom is -0.633 e. The number of hydrogen-bond acceptors (Lipinski definition) is 2. The molecule has 1 aliphatic rings. The molecular weight excluding hydrogens is 496 g/mol. The van der Waals surface area contributed by atoms with Crippen LogP contribution >= 0.6 is 31.9 Å². The molecule has 0 aromatic rings.